The maximum absolute atomic E-state index is 11.6. The third-order valence-electron chi connectivity index (χ3n) is 2.98. The Morgan fingerprint density at radius 2 is 1.90 bits per heavy atom. The van der Waals surface area contributed by atoms with Gasteiger partial charge in [-0.05, 0) is 29.3 Å². The van der Waals surface area contributed by atoms with Gasteiger partial charge in [-0.3, -0.25) is 0 Å². The van der Waals surface area contributed by atoms with Gasteiger partial charge in [0.05, 0.1) is 13.7 Å². The molecule has 0 N–H and O–H groups in total. The van der Waals surface area contributed by atoms with Gasteiger partial charge in [0.1, 0.15) is 5.75 Å². The number of rotatable bonds is 6. The van der Waals surface area contributed by atoms with E-state index in [2.05, 4.69) is 0 Å². The van der Waals surface area contributed by atoms with Gasteiger partial charge in [0, 0.05) is 12.5 Å². The molecule has 2 aromatic rings. The van der Waals surface area contributed by atoms with Crippen molar-refractivity contribution < 1.29 is 14.3 Å². The van der Waals surface area contributed by atoms with Crippen molar-refractivity contribution >= 4 is 12.0 Å². The van der Waals surface area contributed by atoms with Crippen LogP contribution in [0, 0.1) is 0 Å². The van der Waals surface area contributed by atoms with Crippen LogP contribution < -0.4 is 4.74 Å². The molecule has 3 heteroatoms. The number of hydrogen-bond donors (Lipinski definition) is 0. The molecule has 0 fully saturated rings. The van der Waals surface area contributed by atoms with Crippen LogP contribution in [-0.4, -0.2) is 19.7 Å². The highest BCUT2D eigenvalue weighted by atomic mass is 16.5. The van der Waals surface area contributed by atoms with E-state index in [0.29, 0.717) is 6.61 Å². The van der Waals surface area contributed by atoms with Crippen molar-refractivity contribution in [2.24, 2.45) is 0 Å². The molecular weight excluding hydrogens is 264 g/mol. The molecule has 0 radical (unpaired) electrons. The van der Waals surface area contributed by atoms with Crippen LogP contribution in [0.25, 0.3) is 6.08 Å². The van der Waals surface area contributed by atoms with Gasteiger partial charge in [0.2, 0.25) is 0 Å². The molecule has 0 heterocycles. The van der Waals surface area contributed by atoms with Crippen LogP contribution in [0.15, 0.2) is 60.7 Å². The van der Waals surface area contributed by atoms with E-state index in [1.54, 1.807) is 13.2 Å². The predicted molar refractivity (Wildman–Crippen MR) is 83.1 cm³/mol. The minimum atomic E-state index is -0.339. The molecule has 3 nitrogen and oxygen atoms in total. The Balaban J connectivity index is 1.79. The lowest BCUT2D eigenvalue weighted by Gasteiger charge is -2.02. The number of carbonyl (C=O) groups excluding carboxylic acids is 1. The topological polar surface area (TPSA) is 35.5 Å². The summed E-state index contributed by atoms with van der Waals surface area (Å²) in [5.74, 6) is 0.420. The smallest absolute Gasteiger partial charge is 0.330 e. The minimum Gasteiger partial charge on any atom is -0.497 e. The van der Waals surface area contributed by atoms with Gasteiger partial charge in [-0.25, -0.2) is 4.79 Å². The van der Waals surface area contributed by atoms with Crippen LogP contribution in [0.4, 0.5) is 0 Å². The highest BCUT2D eigenvalue weighted by molar-refractivity contribution is 5.87. The molecule has 0 saturated carbocycles. The summed E-state index contributed by atoms with van der Waals surface area (Å²) in [7, 11) is 1.61. The lowest BCUT2D eigenvalue weighted by Crippen LogP contribution is -2.04. The van der Waals surface area contributed by atoms with E-state index < -0.39 is 0 Å². The summed E-state index contributed by atoms with van der Waals surface area (Å²) in [4.78, 5) is 11.6. The van der Waals surface area contributed by atoms with Crippen molar-refractivity contribution in [3.8, 4) is 5.75 Å². The number of carbonyl (C=O) groups is 1. The first-order valence-electron chi connectivity index (χ1n) is 6.81. The third-order valence-corrected chi connectivity index (χ3v) is 2.98. The Labute approximate surface area is 124 Å². The summed E-state index contributed by atoms with van der Waals surface area (Å²) < 4.78 is 10.3. The zero-order valence-electron chi connectivity index (χ0n) is 12.0. The molecule has 0 atom stereocenters. The minimum absolute atomic E-state index is 0.339. The Bertz CT molecular complexity index is 603. The van der Waals surface area contributed by atoms with E-state index in [0.717, 1.165) is 23.3 Å². The van der Waals surface area contributed by atoms with Crippen molar-refractivity contribution in [1.82, 2.24) is 0 Å². The normalized spacial score (nSPS) is 10.5. The van der Waals surface area contributed by atoms with Crippen molar-refractivity contribution in [1.29, 1.82) is 0 Å². The number of ether oxygens (including phenoxy) is 2. The fourth-order valence-corrected chi connectivity index (χ4v) is 1.87. The van der Waals surface area contributed by atoms with Crippen LogP contribution in [0.3, 0.4) is 0 Å². The van der Waals surface area contributed by atoms with Crippen LogP contribution in [0.5, 0.6) is 5.75 Å². The second-order valence-electron chi connectivity index (χ2n) is 4.51. The van der Waals surface area contributed by atoms with Gasteiger partial charge in [-0.1, -0.05) is 42.5 Å². The lowest BCUT2D eigenvalue weighted by molar-refractivity contribution is -0.137. The third kappa shape index (κ3) is 5.15. The molecule has 0 aliphatic heterocycles. The Kier molecular flexibility index (Phi) is 5.59. The SMILES string of the molecule is COc1cccc(/C=C/C(=O)OCCc2ccccc2)c1. The van der Waals surface area contributed by atoms with E-state index in [1.807, 2.05) is 54.6 Å². The van der Waals surface area contributed by atoms with E-state index >= 15 is 0 Å². The average Bonchev–Trinajstić information content (AvgIpc) is 2.54. The van der Waals surface area contributed by atoms with Crippen molar-refractivity contribution in [2.75, 3.05) is 13.7 Å². The van der Waals surface area contributed by atoms with Crippen LogP contribution in [-0.2, 0) is 16.0 Å². The van der Waals surface area contributed by atoms with Gasteiger partial charge in [0.25, 0.3) is 0 Å². The van der Waals surface area contributed by atoms with Crippen molar-refractivity contribution in [3.05, 3.63) is 71.8 Å². The first-order chi connectivity index (χ1) is 10.3. The van der Waals surface area contributed by atoms with Crippen LogP contribution in [0.2, 0.25) is 0 Å². The van der Waals surface area contributed by atoms with Crippen molar-refractivity contribution in [2.45, 2.75) is 6.42 Å². The Hall–Kier alpha value is -2.55. The molecule has 0 bridgehead atoms. The monoisotopic (exact) mass is 282 g/mol. The summed E-state index contributed by atoms with van der Waals surface area (Å²) in [5.41, 5.74) is 2.05. The molecular formula is C18H18O3. The molecule has 2 rings (SSSR count). The molecule has 0 spiro atoms. The first-order valence-corrected chi connectivity index (χ1v) is 6.81. The second kappa shape index (κ2) is 7.90. The molecule has 21 heavy (non-hydrogen) atoms. The Morgan fingerprint density at radius 3 is 2.67 bits per heavy atom. The summed E-state index contributed by atoms with van der Waals surface area (Å²) >= 11 is 0. The fraction of sp³-hybridized carbons (Fsp3) is 0.167. The largest absolute Gasteiger partial charge is 0.497 e. The van der Waals surface area contributed by atoms with Gasteiger partial charge >= 0.3 is 5.97 Å². The summed E-state index contributed by atoms with van der Waals surface area (Å²) in [5, 5.41) is 0. The van der Waals surface area contributed by atoms with E-state index in [4.69, 9.17) is 9.47 Å². The van der Waals surface area contributed by atoms with E-state index in [1.165, 1.54) is 6.08 Å². The number of methoxy groups -OCH3 is 1. The van der Waals surface area contributed by atoms with E-state index in [9.17, 15) is 4.79 Å². The molecule has 0 unspecified atom stereocenters. The van der Waals surface area contributed by atoms with Crippen LogP contribution >= 0.6 is 0 Å². The molecule has 2 aromatic carbocycles. The number of benzene rings is 2. The predicted octanol–water partition coefficient (Wildman–Crippen LogP) is 3.49. The summed E-state index contributed by atoms with van der Waals surface area (Å²) in [6.45, 7) is 0.380. The highest BCUT2D eigenvalue weighted by Gasteiger charge is 1.98. The zero-order chi connectivity index (χ0) is 14.9. The molecule has 0 aliphatic carbocycles. The number of esters is 1. The fourth-order valence-electron chi connectivity index (χ4n) is 1.87. The maximum atomic E-state index is 11.6. The molecule has 108 valence electrons. The number of hydrogen-bond acceptors (Lipinski definition) is 3. The quantitative estimate of drug-likeness (QED) is 0.601. The van der Waals surface area contributed by atoms with Gasteiger partial charge in [-0.15, -0.1) is 0 Å². The van der Waals surface area contributed by atoms with Gasteiger partial charge in [-0.2, -0.15) is 0 Å². The van der Waals surface area contributed by atoms with Gasteiger partial charge < -0.3 is 9.47 Å². The zero-order valence-corrected chi connectivity index (χ0v) is 12.0. The molecule has 0 aromatic heterocycles. The van der Waals surface area contributed by atoms with Gasteiger partial charge in [0.15, 0.2) is 0 Å². The second-order valence-corrected chi connectivity index (χ2v) is 4.51. The van der Waals surface area contributed by atoms with Crippen LogP contribution in [0.1, 0.15) is 11.1 Å². The summed E-state index contributed by atoms with van der Waals surface area (Å²) in [6.07, 6.45) is 3.87. The van der Waals surface area contributed by atoms with Crippen molar-refractivity contribution in [3.63, 3.8) is 0 Å². The molecule has 0 amide bonds. The standard InChI is InChI=1S/C18H18O3/c1-20-17-9-5-8-16(14-17)10-11-18(19)21-13-12-15-6-3-2-4-7-15/h2-11,14H,12-13H2,1H3/b11-10+. The highest BCUT2D eigenvalue weighted by Crippen LogP contribution is 2.13. The Morgan fingerprint density at radius 1 is 1.10 bits per heavy atom. The molecule has 0 aliphatic rings. The lowest BCUT2D eigenvalue weighted by atomic mass is 10.2. The molecule has 0 saturated heterocycles. The maximum Gasteiger partial charge on any atom is 0.330 e. The summed E-state index contributed by atoms with van der Waals surface area (Å²) in [6, 6.07) is 17.4. The first kappa shape index (κ1) is 14.9. The average molecular weight is 282 g/mol. The van der Waals surface area contributed by atoms with E-state index in [-0.39, 0.29) is 5.97 Å².